The summed E-state index contributed by atoms with van der Waals surface area (Å²) < 4.78 is 14.3. The molecule has 1 saturated carbocycles. The zero-order chi connectivity index (χ0) is 19.7. The van der Waals surface area contributed by atoms with Gasteiger partial charge in [-0.15, -0.1) is 0 Å². The van der Waals surface area contributed by atoms with Crippen LogP contribution in [0.1, 0.15) is 24.8 Å². The van der Waals surface area contributed by atoms with Crippen molar-refractivity contribution in [3.8, 4) is 17.3 Å². The predicted octanol–water partition coefficient (Wildman–Crippen LogP) is 1.87. The number of hydrogen-bond donors (Lipinski definition) is 3. The maximum Gasteiger partial charge on any atom is 0.248 e. The SMILES string of the molecule is N#CC(Cc1cc(-c2cccc(=O)[nH]2)ccc1F)NC(=O)C1NC2CCC1C2. The van der Waals surface area contributed by atoms with E-state index >= 15 is 0 Å². The van der Waals surface area contributed by atoms with Gasteiger partial charge in [-0.2, -0.15) is 5.26 Å². The molecule has 2 heterocycles. The van der Waals surface area contributed by atoms with Crippen molar-refractivity contribution in [3.05, 3.63) is 58.1 Å². The number of aromatic amines is 1. The summed E-state index contributed by atoms with van der Waals surface area (Å²) >= 11 is 0. The molecule has 1 aliphatic carbocycles. The van der Waals surface area contributed by atoms with E-state index < -0.39 is 11.9 Å². The number of nitrogens with zero attached hydrogens (tertiary/aromatic N) is 1. The van der Waals surface area contributed by atoms with Crippen LogP contribution < -0.4 is 16.2 Å². The Morgan fingerprint density at radius 1 is 1.32 bits per heavy atom. The second-order valence-electron chi connectivity index (χ2n) is 7.54. The number of nitriles is 1. The third kappa shape index (κ3) is 3.69. The normalized spacial score (nSPS) is 23.9. The number of piperidine rings is 1. The van der Waals surface area contributed by atoms with Crippen LogP contribution in [-0.2, 0) is 11.2 Å². The third-order valence-corrected chi connectivity index (χ3v) is 5.66. The largest absolute Gasteiger partial charge is 0.339 e. The van der Waals surface area contributed by atoms with Crippen molar-refractivity contribution >= 4 is 5.91 Å². The summed E-state index contributed by atoms with van der Waals surface area (Å²) in [6.45, 7) is 0. The van der Waals surface area contributed by atoms with Gasteiger partial charge in [0.2, 0.25) is 11.5 Å². The number of nitrogens with one attached hydrogen (secondary N) is 3. The van der Waals surface area contributed by atoms with Crippen molar-refractivity contribution in [2.24, 2.45) is 5.92 Å². The van der Waals surface area contributed by atoms with E-state index in [0.717, 1.165) is 19.3 Å². The van der Waals surface area contributed by atoms with Crippen molar-refractivity contribution in [2.75, 3.05) is 0 Å². The highest BCUT2D eigenvalue weighted by Crippen LogP contribution is 2.35. The Morgan fingerprint density at radius 3 is 2.86 bits per heavy atom. The number of benzene rings is 1. The molecule has 4 unspecified atom stereocenters. The fourth-order valence-corrected chi connectivity index (χ4v) is 4.28. The van der Waals surface area contributed by atoms with Crippen LogP contribution in [-0.4, -0.2) is 29.0 Å². The van der Waals surface area contributed by atoms with Crippen molar-refractivity contribution in [3.63, 3.8) is 0 Å². The first kappa shape index (κ1) is 18.4. The first-order chi connectivity index (χ1) is 13.5. The van der Waals surface area contributed by atoms with Gasteiger partial charge in [-0.1, -0.05) is 6.07 Å². The lowest BCUT2D eigenvalue weighted by Crippen LogP contribution is -2.50. The maximum atomic E-state index is 14.3. The molecule has 1 aliphatic heterocycles. The summed E-state index contributed by atoms with van der Waals surface area (Å²) in [5.74, 6) is -0.323. The minimum Gasteiger partial charge on any atom is -0.339 e. The monoisotopic (exact) mass is 380 g/mol. The van der Waals surface area contributed by atoms with Gasteiger partial charge in [0.1, 0.15) is 11.9 Å². The van der Waals surface area contributed by atoms with Crippen LogP contribution in [0.25, 0.3) is 11.3 Å². The molecule has 2 bridgehead atoms. The second-order valence-corrected chi connectivity index (χ2v) is 7.54. The molecule has 6 nitrogen and oxygen atoms in total. The van der Waals surface area contributed by atoms with Crippen LogP contribution in [0.3, 0.4) is 0 Å². The minimum atomic E-state index is -0.826. The number of pyridine rings is 1. The van der Waals surface area contributed by atoms with Crippen LogP contribution in [0.4, 0.5) is 4.39 Å². The highest BCUT2D eigenvalue weighted by Gasteiger charge is 2.43. The number of aromatic nitrogens is 1. The molecule has 4 rings (SSSR count). The molecule has 2 fully saturated rings. The zero-order valence-electron chi connectivity index (χ0n) is 15.2. The van der Waals surface area contributed by atoms with Crippen molar-refractivity contribution in [1.82, 2.24) is 15.6 Å². The number of halogens is 1. The van der Waals surface area contributed by atoms with Gasteiger partial charge in [-0.05, 0) is 60.6 Å². The van der Waals surface area contributed by atoms with Crippen LogP contribution in [0.2, 0.25) is 0 Å². The molecule has 1 aromatic heterocycles. The van der Waals surface area contributed by atoms with Crippen LogP contribution in [0, 0.1) is 23.1 Å². The molecule has 2 aliphatic rings. The van der Waals surface area contributed by atoms with Gasteiger partial charge >= 0.3 is 0 Å². The van der Waals surface area contributed by atoms with Gasteiger partial charge in [-0.3, -0.25) is 9.59 Å². The molecule has 7 heteroatoms. The Balaban J connectivity index is 1.49. The average molecular weight is 380 g/mol. The van der Waals surface area contributed by atoms with E-state index in [0.29, 0.717) is 28.8 Å². The molecule has 0 spiro atoms. The van der Waals surface area contributed by atoms with E-state index in [2.05, 4.69) is 21.7 Å². The molecule has 0 radical (unpaired) electrons. The van der Waals surface area contributed by atoms with Gasteiger partial charge in [-0.25, -0.2) is 4.39 Å². The van der Waals surface area contributed by atoms with E-state index in [9.17, 15) is 19.2 Å². The number of rotatable bonds is 5. The Hall–Kier alpha value is -2.98. The Morgan fingerprint density at radius 2 is 2.18 bits per heavy atom. The first-order valence-electron chi connectivity index (χ1n) is 9.47. The number of carbonyl (C=O) groups is 1. The summed E-state index contributed by atoms with van der Waals surface area (Å²) in [7, 11) is 0. The molecule has 2 aromatic rings. The van der Waals surface area contributed by atoms with Gasteiger partial charge in [0.25, 0.3) is 0 Å². The van der Waals surface area contributed by atoms with E-state index in [1.807, 2.05) is 0 Å². The second kappa shape index (κ2) is 7.56. The van der Waals surface area contributed by atoms with E-state index in [1.165, 1.54) is 12.1 Å². The zero-order valence-corrected chi connectivity index (χ0v) is 15.2. The molecular weight excluding hydrogens is 359 g/mol. The van der Waals surface area contributed by atoms with Gasteiger partial charge in [0.05, 0.1) is 12.1 Å². The molecule has 4 atom stereocenters. The van der Waals surface area contributed by atoms with Gasteiger partial charge in [0, 0.05) is 24.2 Å². The molecule has 1 amide bonds. The average Bonchev–Trinajstić information content (AvgIpc) is 3.32. The smallest absolute Gasteiger partial charge is 0.248 e. The Kier molecular flexibility index (Phi) is 4.97. The van der Waals surface area contributed by atoms with Crippen molar-refractivity contribution in [2.45, 2.75) is 43.8 Å². The summed E-state index contributed by atoms with van der Waals surface area (Å²) in [6.07, 6.45) is 3.18. The van der Waals surface area contributed by atoms with Crippen molar-refractivity contribution < 1.29 is 9.18 Å². The van der Waals surface area contributed by atoms with Crippen LogP contribution >= 0.6 is 0 Å². The lowest BCUT2D eigenvalue weighted by Gasteiger charge is -2.23. The molecule has 1 aromatic carbocycles. The molecule has 28 heavy (non-hydrogen) atoms. The summed E-state index contributed by atoms with van der Waals surface area (Å²) in [5.41, 5.74) is 1.28. The van der Waals surface area contributed by atoms with Gasteiger partial charge in [0.15, 0.2) is 0 Å². The third-order valence-electron chi connectivity index (χ3n) is 5.66. The number of carbonyl (C=O) groups excluding carboxylic acids is 1. The number of fused-ring (bicyclic) bond motifs is 2. The molecule has 3 N–H and O–H groups in total. The molecular formula is C21H21FN4O2. The molecule has 144 valence electrons. The van der Waals surface area contributed by atoms with Crippen molar-refractivity contribution in [1.29, 1.82) is 5.26 Å². The highest BCUT2D eigenvalue weighted by atomic mass is 19.1. The molecule has 1 saturated heterocycles. The summed E-state index contributed by atoms with van der Waals surface area (Å²) in [4.78, 5) is 26.8. The van der Waals surface area contributed by atoms with E-state index in [4.69, 9.17) is 0 Å². The van der Waals surface area contributed by atoms with E-state index in [1.54, 1.807) is 24.3 Å². The van der Waals surface area contributed by atoms with Crippen LogP contribution in [0.15, 0.2) is 41.2 Å². The van der Waals surface area contributed by atoms with Crippen LogP contribution in [0.5, 0.6) is 0 Å². The lowest BCUT2D eigenvalue weighted by molar-refractivity contribution is -0.124. The Bertz CT molecular complexity index is 996. The topological polar surface area (TPSA) is 97.8 Å². The standard InChI is InChI=1S/C21H21FN4O2/c22-17-7-5-12(18-2-1-3-19(27)26-18)8-14(17)10-16(11-23)25-21(28)20-13-4-6-15(9-13)24-20/h1-3,5,7-8,13,15-16,20,24H,4,6,9-10H2,(H,25,28)(H,26,27). The first-order valence-corrected chi connectivity index (χ1v) is 9.47. The Labute approximate surface area is 161 Å². The highest BCUT2D eigenvalue weighted by molar-refractivity contribution is 5.83. The summed E-state index contributed by atoms with van der Waals surface area (Å²) in [5, 5.41) is 15.5. The lowest BCUT2D eigenvalue weighted by atomic mass is 9.98. The number of amides is 1. The predicted molar refractivity (Wildman–Crippen MR) is 102 cm³/mol. The summed E-state index contributed by atoms with van der Waals surface area (Å²) in [6, 6.07) is 10.6. The van der Waals surface area contributed by atoms with E-state index in [-0.39, 0.29) is 23.9 Å². The fourth-order valence-electron chi connectivity index (χ4n) is 4.28. The minimum absolute atomic E-state index is 0.0554. The number of hydrogen-bond acceptors (Lipinski definition) is 4. The maximum absolute atomic E-state index is 14.3. The fraction of sp³-hybridized carbons (Fsp3) is 0.381. The number of H-pyrrole nitrogens is 1. The quantitative estimate of drug-likeness (QED) is 0.738. The van der Waals surface area contributed by atoms with Gasteiger partial charge < -0.3 is 15.6 Å².